The van der Waals surface area contributed by atoms with Crippen molar-refractivity contribution < 1.29 is 23.8 Å². The molecule has 0 bridgehead atoms. The molecule has 1 aliphatic carbocycles. The highest BCUT2D eigenvalue weighted by Gasteiger charge is 2.37. The topological polar surface area (TPSA) is 61.8 Å². The summed E-state index contributed by atoms with van der Waals surface area (Å²) in [5.74, 6) is -0.398. The highest BCUT2D eigenvalue weighted by Crippen LogP contribution is 2.38. The molecule has 1 atom stereocenters. The normalized spacial score (nSPS) is 17.6. The smallest absolute Gasteiger partial charge is 0.316 e. The van der Waals surface area contributed by atoms with Crippen LogP contribution in [0.1, 0.15) is 22.3 Å². The van der Waals surface area contributed by atoms with Crippen LogP contribution in [0.15, 0.2) is 12.1 Å². The molecule has 1 aromatic rings. The molecular weight excluding hydrogens is 248 g/mol. The fraction of sp³-hybridized carbons (Fsp3) is 0.429. The number of rotatable bonds is 3. The molecule has 0 radical (unpaired) electrons. The van der Waals surface area contributed by atoms with Gasteiger partial charge in [-0.05, 0) is 25.0 Å². The van der Waals surface area contributed by atoms with E-state index in [-0.39, 0.29) is 5.78 Å². The number of Topliss-reactive ketones (excluding diaryl/α,β-unsaturated/α-hetero) is 1. The van der Waals surface area contributed by atoms with Crippen molar-refractivity contribution in [1.82, 2.24) is 0 Å². The lowest BCUT2D eigenvalue weighted by atomic mass is 9.81. The van der Waals surface area contributed by atoms with E-state index in [0.717, 1.165) is 5.56 Å². The van der Waals surface area contributed by atoms with Gasteiger partial charge >= 0.3 is 5.97 Å². The number of benzene rings is 1. The van der Waals surface area contributed by atoms with Gasteiger partial charge in [0.1, 0.15) is 17.4 Å². The first-order chi connectivity index (χ1) is 9.13. The van der Waals surface area contributed by atoms with E-state index in [1.807, 2.05) is 0 Å². The van der Waals surface area contributed by atoms with Crippen LogP contribution in [-0.2, 0) is 16.0 Å². The molecule has 2 rings (SSSR count). The number of fused-ring (bicyclic) bond motifs is 1. The average molecular weight is 264 g/mol. The third-order valence-corrected chi connectivity index (χ3v) is 3.40. The minimum absolute atomic E-state index is 0.260. The molecule has 1 aromatic carbocycles. The van der Waals surface area contributed by atoms with Gasteiger partial charge in [-0.1, -0.05) is 0 Å². The van der Waals surface area contributed by atoms with E-state index in [4.69, 9.17) is 9.47 Å². The third kappa shape index (κ3) is 2.16. The van der Waals surface area contributed by atoms with Crippen molar-refractivity contribution in [2.45, 2.75) is 12.8 Å². The van der Waals surface area contributed by atoms with Crippen molar-refractivity contribution in [2.24, 2.45) is 5.92 Å². The SMILES string of the molecule is COC(=O)[C@@H]1CCc2c(OC)ccc(OC)c2C1=O. The van der Waals surface area contributed by atoms with Crippen LogP contribution in [0, 0.1) is 5.92 Å². The average Bonchev–Trinajstić information content (AvgIpc) is 2.45. The van der Waals surface area contributed by atoms with Crippen molar-refractivity contribution in [2.75, 3.05) is 21.3 Å². The number of ether oxygens (including phenoxy) is 3. The number of methoxy groups -OCH3 is 3. The van der Waals surface area contributed by atoms with Gasteiger partial charge in [-0.3, -0.25) is 9.59 Å². The molecule has 1 aliphatic rings. The first kappa shape index (κ1) is 13.4. The third-order valence-electron chi connectivity index (χ3n) is 3.40. The lowest BCUT2D eigenvalue weighted by Crippen LogP contribution is -2.31. The van der Waals surface area contributed by atoms with Gasteiger partial charge in [-0.2, -0.15) is 0 Å². The Bertz CT molecular complexity index is 521. The molecule has 0 aromatic heterocycles. The molecule has 5 nitrogen and oxygen atoms in total. The number of carbonyl (C=O) groups is 2. The summed E-state index contributed by atoms with van der Waals surface area (Å²) in [6, 6.07) is 3.44. The van der Waals surface area contributed by atoms with E-state index in [1.54, 1.807) is 19.2 Å². The molecular formula is C14H16O5. The molecule has 0 fully saturated rings. The second kappa shape index (κ2) is 5.30. The van der Waals surface area contributed by atoms with Crippen LogP contribution in [-0.4, -0.2) is 33.1 Å². The van der Waals surface area contributed by atoms with Crippen LogP contribution in [0.3, 0.4) is 0 Å². The van der Waals surface area contributed by atoms with Gasteiger partial charge < -0.3 is 14.2 Å². The number of hydrogen-bond donors (Lipinski definition) is 0. The van der Waals surface area contributed by atoms with Crippen molar-refractivity contribution in [1.29, 1.82) is 0 Å². The molecule has 102 valence electrons. The summed E-state index contributed by atoms with van der Waals surface area (Å²) in [4.78, 5) is 24.1. The molecule has 0 saturated carbocycles. The summed E-state index contributed by atoms with van der Waals surface area (Å²) in [5, 5.41) is 0. The van der Waals surface area contributed by atoms with Crippen LogP contribution in [0.2, 0.25) is 0 Å². The standard InChI is InChI=1S/C14H16O5/c1-17-10-6-7-11(18-2)12-8(10)4-5-9(13(12)15)14(16)19-3/h6-7,9H,4-5H2,1-3H3/t9-/m1/s1. The summed E-state index contributed by atoms with van der Waals surface area (Å²) in [5.41, 5.74) is 1.23. The van der Waals surface area contributed by atoms with Crippen LogP contribution >= 0.6 is 0 Å². The van der Waals surface area contributed by atoms with Crippen LogP contribution in [0.4, 0.5) is 0 Å². The number of esters is 1. The lowest BCUT2D eigenvalue weighted by molar-refractivity contribution is -0.143. The zero-order valence-corrected chi connectivity index (χ0v) is 11.2. The number of hydrogen-bond acceptors (Lipinski definition) is 5. The van der Waals surface area contributed by atoms with Crippen LogP contribution in [0.5, 0.6) is 11.5 Å². The predicted octanol–water partition coefficient (Wildman–Crippen LogP) is 1.62. The molecule has 0 spiro atoms. The van der Waals surface area contributed by atoms with Gasteiger partial charge in [0.15, 0.2) is 5.78 Å². The zero-order valence-electron chi connectivity index (χ0n) is 11.2. The monoisotopic (exact) mass is 264 g/mol. The lowest BCUT2D eigenvalue weighted by Gasteiger charge is -2.24. The minimum atomic E-state index is -0.751. The van der Waals surface area contributed by atoms with E-state index in [9.17, 15) is 9.59 Å². The second-order valence-corrected chi connectivity index (χ2v) is 4.30. The molecule has 5 heteroatoms. The van der Waals surface area contributed by atoms with Gasteiger partial charge in [0.25, 0.3) is 0 Å². The Kier molecular flexibility index (Phi) is 3.74. The highest BCUT2D eigenvalue weighted by atomic mass is 16.5. The molecule has 0 saturated heterocycles. The largest absolute Gasteiger partial charge is 0.496 e. The first-order valence-corrected chi connectivity index (χ1v) is 6.00. The Labute approximate surface area is 111 Å². The van der Waals surface area contributed by atoms with Gasteiger partial charge in [-0.25, -0.2) is 0 Å². The van der Waals surface area contributed by atoms with Crippen molar-refractivity contribution >= 4 is 11.8 Å². The maximum Gasteiger partial charge on any atom is 0.316 e. The predicted molar refractivity (Wildman–Crippen MR) is 67.7 cm³/mol. The number of ketones is 1. The van der Waals surface area contributed by atoms with Crippen molar-refractivity contribution in [3.63, 3.8) is 0 Å². The Balaban J connectivity index is 2.52. The van der Waals surface area contributed by atoms with E-state index in [2.05, 4.69) is 4.74 Å². The Hall–Kier alpha value is -2.04. The van der Waals surface area contributed by atoms with Gasteiger partial charge in [-0.15, -0.1) is 0 Å². The second-order valence-electron chi connectivity index (χ2n) is 4.30. The summed E-state index contributed by atoms with van der Waals surface area (Å²) >= 11 is 0. The summed E-state index contributed by atoms with van der Waals surface area (Å²) in [6.07, 6.45) is 1.02. The Morgan fingerprint density at radius 3 is 2.37 bits per heavy atom. The quantitative estimate of drug-likeness (QED) is 0.613. The van der Waals surface area contributed by atoms with E-state index in [1.165, 1.54) is 14.2 Å². The Morgan fingerprint density at radius 1 is 1.16 bits per heavy atom. The molecule has 0 aliphatic heterocycles. The molecule has 0 N–H and O–H groups in total. The van der Waals surface area contributed by atoms with E-state index >= 15 is 0 Å². The molecule has 0 amide bonds. The fourth-order valence-electron chi connectivity index (χ4n) is 2.45. The van der Waals surface area contributed by atoms with Crippen molar-refractivity contribution in [3.05, 3.63) is 23.3 Å². The van der Waals surface area contributed by atoms with E-state index in [0.29, 0.717) is 29.9 Å². The summed E-state index contributed by atoms with van der Waals surface area (Å²) in [7, 11) is 4.34. The van der Waals surface area contributed by atoms with Gasteiger partial charge in [0, 0.05) is 5.56 Å². The molecule has 19 heavy (non-hydrogen) atoms. The van der Waals surface area contributed by atoms with Gasteiger partial charge in [0.05, 0.1) is 26.9 Å². The maximum absolute atomic E-state index is 12.4. The first-order valence-electron chi connectivity index (χ1n) is 6.00. The summed E-state index contributed by atoms with van der Waals surface area (Å²) < 4.78 is 15.1. The fourth-order valence-corrected chi connectivity index (χ4v) is 2.45. The van der Waals surface area contributed by atoms with E-state index < -0.39 is 11.9 Å². The highest BCUT2D eigenvalue weighted by molar-refractivity contribution is 6.12. The number of carbonyl (C=O) groups excluding carboxylic acids is 2. The molecule has 0 unspecified atom stereocenters. The van der Waals surface area contributed by atoms with Crippen LogP contribution in [0.25, 0.3) is 0 Å². The zero-order chi connectivity index (χ0) is 14.0. The minimum Gasteiger partial charge on any atom is -0.496 e. The van der Waals surface area contributed by atoms with Gasteiger partial charge in [0.2, 0.25) is 0 Å². The summed E-state index contributed by atoms with van der Waals surface area (Å²) in [6.45, 7) is 0. The molecule has 0 heterocycles. The Morgan fingerprint density at radius 2 is 1.79 bits per heavy atom. The van der Waals surface area contributed by atoms with Crippen LogP contribution < -0.4 is 9.47 Å². The maximum atomic E-state index is 12.4. The van der Waals surface area contributed by atoms with Crippen molar-refractivity contribution in [3.8, 4) is 11.5 Å².